The second-order valence-electron chi connectivity index (χ2n) is 5.45. The molecule has 2 bridgehead atoms. The van der Waals surface area contributed by atoms with E-state index in [1.165, 1.54) is 22.9 Å². The van der Waals surface area contributed by atoms with Crippen molar-refractivity contribution in [1.82, 2.24) is 4.57 Å². The van der Waals surface area contributed by atoms with Gasteiger partial charge in [0.05, 0.1) is 11.6 Å². The summed E-state index contributed by atoms with van der Waals surface area (Å²) in [6.45, 7) is 1.10. The molecule has 2 heteroatoms. The monoisotopic (exact) mass is 223 g/mol. The zero-order valence-corrected chi connectivity index (χ0v) is 9.47. The Morgan fingerprint density at radius 3 is 3.24 bits per heavy atom. The summed E-state index contributed by atoms with van der Waals surface area (Å²) in [5.41, 5.74) is 2.63. The molecule has 84 valence electrons. The van der Waals surface area contributed by atoms with E-state index < -0.39 is 0 Å². The summed E-state index contributed by atoms with van der Waals surface area (Å²) in [6.07, 6.45) is 8.28. The van der Waals surface area contributed by atoms with Gasteiger partial charge < -0.3 is 9.30 Å². The van der Waals surface area contributed by atoms with Crippen LogP contribution in [-0.4, -0.2) is 10.7 Å². The number of nitrogens with zero attached hydrogens (tertiary/aromatic N) is 1. The number of aromatic nitrogens is 1. The molecule has 17 heavy (non-hydrogen) atoms. The predicted molar refractivity (Wildman–Crippen MR) is 65.7 cm³/mol. The smallest absolute Gasteiger partial charge is 0.119 e. The fraction of sp³-hybridized carbons (Fsp3) is 0.333. The number of rotatable bonds is 0. The lowest BCUT2D eigenvalue weighted by atomic mass is 9.75. The van der Waals surface area contributed by atoms with Gasteiger partial charge in [0.15, 0.2) is 0 Å². The highest BCUT2D eigenvalue weighted by Gasteiger charge is 2.53. The van der Waals surface area contributed by atoms with E-state index >= 15 is 0 Å². The van der Waals surface area contributed by atoms with Gasteiger partial charge in [-0.1, -0.05) is 24.3 Å². The molecule has 3 aliphatic heterocycles. The molecule has 2 aromatic rings. The van der Waals surface area contributed by atoms with Crippen molar-refractivity contribution in [3.63, 3.8) is 0 Å². The van der Waals surface area contributed by atoms with Gasteiger partial charge in [-0.2, -0.15) is 0 Å². The number of ether oxygens (including phenoxy) is 1. The first-order valence-corrected chi connectivity index (χ1v) is 6.32. The maximum atomic E-state index is 6.26. The Labute approximate surface area is 99.5 Å². The molecule has 3 aliphatic rings. The summed E-state index contributed by atoms with van der Waals surface area (Å²) in [4.78, 5) is 0. The minimum atomic E-state index is -0.113. The van der Waals surface area contributed by atoms with Crippen LogP contribution in [0.2, 0.25) is 0 Å². The Morgan fingerprint density at radius 1 is 1.29 bits per heavy atom. The molecule has 0 unspecified atom stereocenters. The molecule has 4 heterocycles. The second-order valence-corrected chi connectivity index (χ2v) is 5.45. The van der Waals surface area contributed by atoms with Crippen LogP contribution in [-0.2, 0) is 16.9 Å². The molecule has 1 saturated heterocycles. The van der Waals surface area contributed by atoms with Crippen LogP contribution in [0.4, 0.5) is 0 Å². The van der Waals surface area contributed by atoms with Crippen LogP contribution >= 0.6 is 0 Å². The highest BCUT2D eigenvalue weighted by molar-refractivity contribution is 5.85. The van der Waals surface area contributed by atoms with Crippen LogP contribution in [0.5, 0.6) is 0 Å². The molecular formula is C15H13NO. The summed E-state index contributed by atoms with van der Waals surface area (Å²) in [5, 5.41) is 1.34. The van der Waals surface area contributed by atoms with Crippen LogP contribution in [0.1, 0.15) is 12.0 Å². The standard InChI is InChI=1S/C15H13NO/c1-2-10-5-7-16-9-11-8-12-4-6-15(11,17-12)13(3-1)14(10)16/h1-7,11-12H,8-9H2/t11-,12+,15-/m0/s1. The lowest BCUT2D eigenvalue weighted by Gasteiger charge is -2.36. The van der Waals surface area contributed by atoms with Gasteiger partial charge in [0.25, 0.3) is 0 Å². The lowest BCUT2D eigenvalue weighted by molar-refractivity contribution is 0.00301. The number of benzene rings is 1. The van der Waals surface area contributed by atoms with Crippen molar-refractivity contribution < 1.29 is 4.74 Å². The Hall–Kier alpha value is -1.54. The van der Waals surface area contributed by atoms with Gasteiger partial charge >= 0.3 is 0 Å². The highest BCUT2D eigenvalue weighted by atomic mass is 16.5. The number of hydrogen-bond acceptors (Lipinski definition) is 1. The first-order chi connectivity index (χ1) is 8.37. The summed E-state index contributed by atoms with van der Waals surface area (Å²) in [5.74, 6) is 0.614. The van der Waals surface area contributed by atoms with Crippen molar-refractivity contribution in [2.24, 2.45) is 5.92 Å². The quantitative estimate of drug-likeness (QED) is 0.626. The van der Waals surface area contributed by atoms with Gasteiger partial charge in [0, 0.05) is 24.2 Å². The normalized spacial score (nSPS) is 36.7. The van der Waals surface area contributed by atoms with Crippen molar-refractivity contribution in [2.75, 3.05) is 0 Å². The van der Waals surface area contributed by atoms with Crippen molar-refractivity contribution in [3.05, 3.63) is 48.2 Å². The van der Waals surface area contributed by atoms with E-state index in [1.54, 1.807) is 0 Å². The molecule has 0 radical (unpaired) electrons. The van der Waals surface area contributed by atoms with E-state index in [2.05, 4.69) is 47.2 Å². The van der Waals surface area contributed by atoms with Crippen LogP contribution in [0.3, 0.4) is 0 Å². The molecule has 0 aliphatic carbocycles. The Balaban J connectivity index is 1.94. The maximum Gasteiger partial charge on any atom is 0.119 e. The van der Waals surface area contributed by atoms with Crippen LogP contribution in [0.15, 0.2) is 42.6 Å². The summed E-state index contributed by atoms with van der Waals surface area (Å²) in [7, 11) is 0. The third-order valence-corrected chi connectivity index (χ3v) is 4.65. The highest BCUT2D eigenvalue weighted by Crippen LogP contribution is 2.54. The van der Waals surface area contributed by atoms with Gasteiger partial charge in [-0.3, -0.25) is 0 Å². The summed E-state index contributed by atoms with van der Waals surface area (Å²) in [6, 6.07) is 8.80. The SMILES string of the molecule is C1=C[C@]23O[C@H]1C[C@H]2Cn1ccc2cccc3c21. The number of hydrogen-bond donors (Lipinski definition) is 0. The molecule has 3 atom stereocenters. The molecule has 0 amide bonds. The fourth-order valence-corrected chi connectivity index (χ4v) is 3.94. The van der Waals surface area contributed by atoms with E-state index in [9.17, 15) is 0 Å². The van der Waals surface area contributed by atoms with E-state index in [0.29, 0.717) is 12.0 Å². The topological polar surface area (TPSA) is 14.2 Å². The average molecular weight is 223 g/mol. The Kier molecular flexibility index (Phi) is 1.25. The van der Waals surface area contributed by atoms with Crippen LogP contribution < -0.4 is 0 Å². The minimum Gasteiger partial charge on any atom is -0.358 e. The van der Waals surface area contributed by atoms with E-state index in [4.69, 9.17) is 4.74 Å². The zero-order valence-electron chi connectivity index (χ0n) is 9.47. The zero-order chi connectivity index (χ0) is 11.0. The molecule has 1 aromatic carbocycles. The third-order valence-electron chi connectivity index (χ3n) is 4.65. The molecule has 0 saturated carbocycles. The van der Waals surface area contributed by atoms with Gasteiger partial charge in [-0.15, -0.1) is 0 Å². The minimum absolute atomic E-state index is 0.113. The van der Waals surface area contributed by atoms with E-state index in [1.807, 2.05) is 0 Å². The molecule has 1 fully saturated rings. The van der Waals surface area contributed by atoms with Crippen molar-refractivity contribution >= 4 is 10.9 Å². The van der Waals surface area contributed by atoms with Crippen LogP contribution in [0, 0.1) is 5.92 Å². The van der Waals surface area contributed by atoms with E-state index in [0.717, 1.165) is 6.54 Å². The van der Waals surface area contributed by atoms with Gasteiger partial charge in [0.1, 0.15) is 5.60 Å². The lowest BCUT2D eigenvalue weighted by Crippen LogP contribution is -2.36. The largest absolute Gasteiger partial charge is 0.358 e. The van der Waals surface area contributed by atoms with E-state index in [-0.39, 0.29) is 5.60 Å². The first-order valence-electron chi connectivity index (χ1n) is 6.32. The Morgan fingerprint density at radius 2 is 2.29 bits per heavy atom. The van der Waals surface area contributed by atoms with Gasteiger partial charge in [0.2, 0.25) is 0 Å². The average Bonchev–Trinajstić information content (AvgIpc) is 3.02. The predicted octanol–water partition coefficient (Wildman–Crippen LogP) is 2.83. The van der Waals surface area contributed by atoms with Gasteiger partial charge in [-0.25, -0.2) is 0 Å². The molecule has 0 N–H and O–H groups in total. The first kappa shape index (κ1) is 8.54. The van der Waals surface area contributed by atoms with Crippen molar-refractivity contribution in [3.8, 4) is 0 Å². The third kappa shape index (κ3) is 0.816. The maximum absolute atomic E-state index is 6.26. The molecule has 5 rings (SSSR count). The number of fused-ring (bicyclic) bond motifs is 1. The number of para-hydroxylation sites is 1. The van der Waals surface area contributed by atoms with Gasteiger partial charge in [-0.05, 0) is 23.9 Å². The Bertz CT molecular complexity index is 669. The summed E-state index contributed by atoms with van der Waals surface area (Å²) < 4.78 is 8.66. The summed E-state index contributed by atoms with van der Waals surface area (Å²) >= 11 is 0. The molecule has 1 aromatic heterocycles. The molecular weight excluding hydrogens is 210 g/mol. The second kappa shape index (κ2) is 2.49. The van der Waals surface area contributed by atoms with Crippen LogP contribution in [0.25, 0.3) is 10.9 Å². The van der Waals surface area contributed by atoms with Crippen molar-refractivity contribution in [1.29, 1.82) is 0 Å². The molecule has 1 spiro atoms. The fourth-order valence-electron chi connectivity index (χ4n) is 3.94. The molecule has 2 nitrogen and oxygen atoms in total. The van der Waals surface area contributed by atoms with Crippen molar-refractivity contribution in [2.45, 2.75) is 24.7 Å².